The minimum absolute atomic E-state index is 1.29. The van der Waals surface area contributed by atoms with Crippen LogP contribution >= 0.6 is 18.5 Å². The Kier molecular flexibility index (Phi) is 2.43. The normalized spacial score (nSPS) is 11.1. The lowest BCUT2D eigenvalue weighted by atomic mass is 10.0. The Bertz CT molecular complexity index is 570. The molecule has 0 amide bonds. The first-order valence-corrected chi connectivity index (χ1v) is 6.39. The second kappa shape index (κ2) is 3.81. The van der Waals surface area contributed by atoms with Gasteiger partial charge in [-0.15, -0.1) is 18.5 Å². The molecular formula is C14H12P2. The summed E-state index contributed by atoms with van der Waals surface area (Å²) in [5.41, 5.74) is 0. The highest BCUT2D eigenvalue weighted by Gasteiger charge is 2.06. The molecule has 0 fully saturated rings. The van der Waals surface area contributed by atoms with Crippen molar-refractivity contribution in [3.05, 3.63) is 48.5 Å². The second-order valence-electron chi connectivity index (χ2n) is 3.92. The highest BCUT2D eigenvalue weighted by atomic mass is 31.0. The van der Waals surface area contributed by atoms with Gasteiger partial charge in [0, 0.05) is 0 Å². The van der Waals surface area contributed by atoms with Crippen molar-refractivity contribution in [1.29, 1.82) is 0 Å². The minimum Gasteiger partial charge on any atom is -0.104 e. The molecule has 0 N–H and O–H groups in total. The van der Waals surface area contributed by atoms with E-state index < -0.39 is 0 Å². The van der Waals surface area contributed by atoms with Crippen LogP contribution in [0.25, 0.3) is 21.5 Å². The van der Waals surface area contributed by atoms with Crippen molar-refractivity contribution in [3.8, 4) is 0 Å². The van der Waals surface area contributed by atoms with E-state index in [1.54, 1.807) is 0 Å². The van der Waals surface area contributed by atoms with Crippen molar-refractivity contribution in [1.82, 2.24) is 0 Å². The molecule has 0 aliphatic heterocycles. The SMILES string of the molecule is Pc1c2ccccc2c(P)c2ccccc12. The van der Waals surface area contributed by atoms with Gasteiger partial charge in [0.25, 0.3) is 0 Å². The molecule has 2 unspecified atom stereocenters. The molecule has 0 radical (unpaired) electrons. The van der Waals surface area contributed by atoms with Crippen LogP contribution in [0.5, 0.6) is 0 Å². The van der Waals surface area contributed by atoms with Crippen LogP contribution in [0.2, 0.25) is 0 Å². The van der Waals surface area contributed by atoms with Crippen molar-refractivity contribution in [2.45, 2.75) is 0 Å². The van der Waals surface area contributed by atoms with Crippen LogP contribution in [0.4, 0.5) is 0 Å². The molecule has 0 saturated carbocycles. The van der Waals surface area contributed by atoms with Gasteiger partial charge in [-0.25, -0.2) is 0 Å². The highest BCUT2D eigenvalue weighted by molar-refractivity contribution is 7.31. The van der Waals surface area contributed by atoms with Gasteiger partial charge in [0.1, 0.15) is 0 Å². The number of fused-ring (bicyclic) bond motifs is 2. The standard InChI is InChI=1S/C14H12P2/c15-13-9-5-1-2-6-10(9)14(16)12-8-4-3-7-11(12)13/h1-8H,15-16H2. The minimum atomic E-state index is 1.29. The maximum absolute atomic E-state index is 2.87. The summed E-state index contributed by atoms with van der Waals surface area (Å²) in [6, 6.07) is 17.1. The first-order valence-electron chi connectivity index (χ1n) is 5.23. The summed E-state index contributed by atoms with van der Waals surface area (Å²) >= 11 is 0. The third kappa shape index (κ3) is 1.38. The van der Waals surface area contributed by atoms with Crippen LogP contribution in [0.15, 0.2) is 48.5 Å². The molecule has 3 rings (SSSR count). The Morgan fingerprint density at radius 3 is 1.00 bits per heavy atom. The molecule has 0 heterocycles. The van der Waals surface area contributed by atoms with Crippen molar-refractivity contribution in [2.24, 2.45) is 0 Å². The smallest absolute Gasteiger partial charge is 0.00996 e. The van der Waals surface area contributed by atoms with Crippen LogP contribution < -0.4 is 10.6 Å². The fourth-order valence-electron chi connectivity index (χ4n) is 2.20. The quantitative estimate of drug-likeness (QED) is 0.420. The van der Waals surface area contributed by atoms with Crippen LogP contribution in [-0.2, 0) is 0 Å². The Morgan fingerprint density at radius 2 is 0.750 bits per heavy atom. The maximum Gasteiger partial charge on any atom is -0.00996 e. The van der Waals surface area contributed by atoms with Crippen molar-refractivity contribution < 1.29 is 0 Å². The third-order valence-corrected chi connectivity index (χ3v) is 4.26. The van der Waals surface area contributed by atoms with Gasteiger partial charge in [0.2, 0.25) is 0 Å². The lowest BCUT2D eigenvalue weighted by Crippen LogP contribution is -2.05. The first-order chi connectivity index (χ1) is 7.79. The van der Waals surface area contributed by atoms with Crippen LogP contribution in [0.1, 0.15) is 0 Å². The summed E-state index contributed by atoms with van der Waals surface area (Å²) in [6.07, 6.45) is 0. The summed E-state index contributed by atoms with van der Waals surface area (Å²) in [4.78, 5) is 0. The zero-order chi connectivity index (χ0) is 11.1. The average molecular weight is 242 g/mol. The Balaban J connectivity index is 2.67. The van der Waals surface area contributed by atoms with Gasteiger partial charge in [-0.05, 0) is 32.2 Å². The van der Waals surface area contributed by atoms with Gasteiger partial charge in [0.15, 0.2) is 0 Å². The van der Waals surface area contributed by atoms with Crippen molar-refractivity contribution >= 4 is 50.6 Å². The number of benzene rings is 3. The maximum atomic E-state index is 2.87. The fraction of sp³-hybridized carbons (Fsp3) is 0. The third-order valence-electron chi connectivity index (χ3n) is 3.01. The van der Waals surface area contributed by atoms with E-state index in [9.17, 15) is 0 Å². The average Bonchev–Trinajstić information content (AvgIpc) is 2.36. The Labute approximate surface area is 99.5 Å². The summed E-state index contributed by atoms with van der Waals surface area (Å²) in [5.74, 6) is 0. The lowest BCUT2D eigenvalue weighted by Gasteiger charge is -2.10. The van der Waals surface area contributed by atoms with Crippen LogP contribution in [-0.4, -0.2) is 0 Å². The molecule has 0 spiro atoms. The number of hydrogen-bond donors (Lipinski definition) is 0. The predicted molar refractivity (Wildman–Crippen MR) is 80.1 cm³/mol. The van der Waals surface area contributed by atoms with Crippen LogP contribution in [0, 0.1) is 0 Å². The van der Waals surface area contributed by atoms with E-state index in [1.807, 2.05) is 0 Å². The summed E-state index contributed by atoms with van der Waals surface area (Å²) in [6.45, 7) is 0. The van der Waals surface area contributed by atoms with E-state index in [1.165, 1.54) is 32.2 Å². The van der Waals surface area contributed by atoms with Gasteiger partial charge in [-0.1, -0.05) is 48.5 Å². The molecule has 3 aromatic carbocycles. The molecule has 78 valence electrons. The molecular weight excluding hydrogens is 230 g/mol. The lowest BCUT2D eigenvalue weighted by molar-refractivity contribution is 1.81. The monoisotopic (exact) mass is 242 g/mol. The molecule has 3 aromatic rings. The molecule has 2 heteroatoms. The van der Waals surface area contributed by atoms with E-state index in [2.05, 4.69) is 67.0 Å². The topological polar surface area (TPSA) is 0 Å². The molecule has 2 atom stereocenters. The zero-order valence-electron chi connectivity index (χ0n) is 8.77. The van der Waals surface area contributed by atoms with E-state index in [0.29, 0.717) is 0 Å². The van der Waals surface area contributed by atoms with E-state index in [0.717, 1.165) is 0 Å². The van der Waals surface area contributed by atoms with Crippen molar-refractivity contribution in [3.63, 3.8) is 0 Å². The molecule has 0 aliphatic rings. The molecule has 0 nitrogen and oxygen atoms in total. The Hall–Kier alpha value is -0.960. The van der Waals surface area contributed by atoms with E-state index in [4.69, 9.17) is 0 Å². The Morgan fingerprint density at radius 1 is 0.500 bits per heavy atom. The molecule has 0 aromatic heterocycles. The first kappa shape index (κ1) is 10.2. The molecule has 0 bridgehead atoms. The van der Waals surface area contributed by atoms with Gasteiger partial charge >= 0.3 is 0 Å². The van der Waals surface area contributed by atoms with Crippen molar-refractivity contribution in [2.75, 3.05) is 0 Å². The van der Waals surface area contributed by atoms with Gasteiger partial charge < -0.3 is 0 Å². The summed E-state index contributed by atoms with van der Waals surface area (Å²) in [7, 11) is 5.74. The largest absolute Gasteiger partial charge is 0.104 e. The molecule has 16 heavy (non-hydrogen) atoms. The number of hydrogen-bond acceptors (Lipinski definition) is 0. The van der Waals surface area contributed by atoms with E-state index in [-0.39, 0.29) is 0 Å². The highest BCUT2D eigenvalue weighted by Crippen LogP contribution is 2.22. The fourth-order valence-corrected chi connectivity index (χ4v) is 3.20. The summed E-state index contributed by atoms with van der Waals surface area (Å²) in [5, 5.41) is 7.84. The van der Waals surface area contributed by atoms with Gasteiger partial charge in [0.05, 0.1) is 0 Å². The molecule has 0 aliphatic carbocycles. The van der Waals surface area contributed by atoms with Gasteiger partial charge in [-0.3, -0.25) is 0 Å². The number of rotatable bonds is 0. The predicted octanol–water partition coefficient (Wildman–Crippen LogP) is 2.99. The van der Waals surface area contributed by atoms with E-state index >= 15 is 0 Å². The van der Waals surface area contributed by atoms with Gasteiger partial charge in [-0.2, -0.15) is 0 Å². The zero-order valence-corrected chi connectivity index (χ0v) is 11.1. The summed E-state index contributed by atoms with van der Waals surface area (Å²) < 4.78 is 0. The molecule has 0 saturated heterocycles. The second-order valence-corrected chi connectivity index (χ2v) is 5.07. The van der Waals surface area contributed by atoms with Crippen LogP contribution in [0.3, 0.4) is 0 Å².